The predicted molar refractivity (Wildman–Crippen MR) is 91.5 cm³/mol. The highest BCUT2D eigenvalue weighted by molar-refractivity contribution is 5.94. The normalized spacial score (nSPS) is 15.1. The van der Waals surface area contributed by atoms with Crippen LogP contribution in [0.2, 0.25) is 0 Å². The first kappa shape index (κ1) is 15.7. The van der Waals surface area contributed by atoms with Crippen molar-refractivity contribution in [1.29, 1.82) is 0 Å². The largest absolute Gasteiger partial charge is 0.490 e. The molecule has 0 unspecified atom stereocenters. The first-order chi connectivity index (χ1) is 12.2. The molecule has 0 amide bonds. The van der Waals surface area contributed by atoms with Crippen LogP contribution in [0.5, 0.6) is 5.75 Å². The summed E-state index contributed by atoms with van der Waals surface area (Å²) in [5.41, 5.74) is 1.28. The number of tetrazole rings is 1. The van der Waals surface area contributed by atoms with E-state index in [1.54, 1.807) is 6.20 Å². The maximum absolute atomic E-state index is 6.04. The van der Waals surface area contributed by atoms with Crippen molar-refractivity contribution < 1.29 is 9.47 Å². The Morgan fingerprint density at radius 3 is 2.84 bits per heavy atom. The first-order valence-electron chi connectivity index (χ1n) is 8.25. The number of hydrogen-bond acceptors (Lipinski definition) is 8. The number of anilines is 1. The molecule has 3 aromatic heterocycles. The standard InChI is InChI=1S/C16H19N7O2/c1-10(2)25-12-9-13(23-5-7-24-8-6-23)18-14-11(12)3-4-17-15(14)16-19-21-22-20-16/h3-4,9-10H,5-8H2,1-2H3,(H,19,20,21,22). The summed E-state index contributed by atoms with van der Waals surface area (Å²) in [4.78, 5) is 11.4. The van der Waals surface area contributed by atoms with Crippen LogP contribution in [0.4, 0.5) is 5.82 Å². The number of nitrogens with zero attached hydrogens (tertiary/aromatic N) is 6. The number of ether oxygens (including phenoxy) is 2. The third-order valence-electron chi connectivity index (χ3n) is 3.93. The molecule has 4 heterocycles. The van der Waals surface area contributed by atoms with Crippen LogP contribution in [0.15, 0.2) is 18.3 Å². The lowest BCUT2D eigenvalue weighted by molar-refractivity contribution is 0.122. The molecule has 1 fully saturated rings. The second-order valence-electron chi connectivity index (χ2n) is 6.04. The molecule has 0 saturated carbocycles. The van der Waals surface area contributed by atoms with Crippen LogP contribution in [-0.4, -0.2) is 63.0 Å². The number of pyridine rings is 2. The van der Waals surface area contributed by atoms with E-state index in [1.807, 2.05) is 26.0 Å². The third-order valence-corrected chi connectivity index (χ3v) is 3.93. The third kappa shape index (κ3) is 3.10. The summed E-state index contributed by atoms with van der Waals surface area (Å²) in [5.74, 6) is 2.02. The van der Waals surface area contributed by atoms with E-state index in [-0.39, 0.29) is 6.10 Å². The van der Waals surface area contributed by atoms with Gasteiger partial charge in [0.05, 0.1) is 19.3 Å². The number of aromatic nitrogens is 6. The molecule has 9 nitrogen and oxygen atoms in total. The average molecular weight is 341 g/mol. The molecule has 0 aromatic carbocycles. The van der Waals surface area contributed by atoms with Gasteiger partial charge in [-0.1, -0.05) is 0 Å². The van der Waals surface area contributed by atoms with Gasteiger partial charge < -0.3 is 14.4 Å². The van der Waals surface area contributed by atoms with Crippen LogP contribution in [0.1, 0.15) is 13.8 Å². The molecule has 0 spiro atoms. The number of nitrogens with one attached hydrogen (secondary N) is 1. The van der Waals surface area contributed by atoms with Crippen molar-refractivity contribution in [2.24, 2.45) is 0 Å². The average Bonchev–Trinajstić information content (AvgIpc) is 3.16. The summed E-state index contributed by atoms with van der Waals surface area (Å²) in [5, 5.41) is 15.1. The molecule has 1 N–H and O–H groups in total. The minimum atomic E-state index is 0.0462. The van der Waals surface area contributed by atoms with Gasteiger partial charge in [0.15, 0.2) is 0 Å². The van der Waals surface area contributed by atoms with Crippen LogP contribution in [0.25, 0.3) is 22.4 Å². The van der Waals surface area contributed by atoms with Gasteiger partial charge in [-0.2, -0.15) is 5.21 Å². The quantitative estimate of drug-likeness (QED) is 0.760. The van der Waals surface area contributed by atoms with Gasteiger partial charge >= 0.3 is 0 Å². The van der Waals surface area contributed by atoms with Crippen LogP contribution >= 0.6 is 0 Å². The number of H-pyrrole nitrogens is 1. The SMILES string of the molecule is CC(C)Oc1cc(N2CCOCC2)nc2c(-c3nn[nH]n3)nccc12. The van der Waals surface area contributed by atoms with Crippen molar-refractivity contribution in [3.63, 3.8) is 0 Å². The van der Waals surface area contributed by atoms with E-state index in [0.717, 1.165) is 30.0 Å². The van der Waals surface area contributed by atoms with Gasteiger partial charge in [-0.15, -0.1) is 10.2 Å². The molecule has 4 rings (SSSR count). The monoisotopic (exact) mass is 341 g/mol. The Bertz CT molecular complexity index is 860. The lowest BCUT2D eigenvalue weighted by Crippen LogP contribution is -2.36. The van der Waals surface area contributed by atoms with Gasteiger partial charge in [-0.05, 0) is 25.1 Å². The van der Waals surface area contributed by atoms with Gasteiger partial charge in [-0.25, -0.2) is 4.98 Å². The van der Waals surface area contributed by atoms with Crippen LogP contribution in [0, 0.1) is 0 Å². The Morgan fingerprint density at radius 2 is 2.12 bits per heavy atom. The van der Waals surface area contributed by atoms with E-state index in [2.05, 4.69) is 30.5 Å². The number of fused-ring (bicyclic) bond motifs is 1. The number of rotatable bonds is 4. The smallest absolute Gasteiger partial charge is 0.225 e. The fraction of sp³-hybridized carbons (Fsp3) is 0.438. The van der Waals surface area contributed by atoms with E-state index in [9.17, 15) is 0 Å². The van der Waals surface area contributed by atoms with Crippen molar-refractivity contribution in [3.8, 4) is 17.3 Å². The summed E-state index contributed by atoms with van der Waals surface area (Å²) < 4.78 is 11.5. The lowest BCUT2D eigenvalue weighted by Gasteiger charge is -2.28. The zero-order valence-corrected chi connectivity index (χ0v) is 14.1. The van der Waals surface area contributed by atoms with Gasteiger partial charge in [0.25, 0.3) is 0 Å². The molecule has 1 aliphatic rings. The van der Waals surface area contributed by atoms with Crippen molar-refractivity contribution in [1.82, 2.24) is 30.6 Å². The Morgan fingerprint density at radius 1 is 1.28 bits per heavy atom. The minimum absolute atomic E-state index is 0.0462. The predicted octanol–water partition coefficient (Wildman–Crippen LogP) is 1.43. The second kappa shape index (κ2) is 6.60. The zero-order valence-electron chi connectivity index (χ0n) is 14.1. The molecule has 0 atom stereocenters. The van der Waals surface area contributed by atoms with Crippen molar-refractivity contribution >= 4 is 16.7 Å². The molecule has 0 radical (unpaired) electrons. The van der Waals surface area contributed by atoms with Gasteiger partial charge in [0, 0.05) is 30.7 Å². The Hall–Kier alpha value is -2.81. The fourth-order valence-corrected chi connectivity index (χ4v) is 2.84. The highest BCUT2D eigenvalue weighted by Gasteiger charge is 2.20. The van der Waals surface area contributed by atoms with Crippen molar-refractivity contribution in [2.45, 2.75) is 20.0 Å². The maximum Gasteiger partial charge on any atom is 0.225 e. The molecule has 3 aromatic rings. The van der Waals surface area contributed by atoms with Gasteiger partial charge in [0.2, 0.25) is 5.82 Å². The van der Waals surface area contributed by atoms with Crippen LogP contribution < -0.4 is 9.64 Å². The molecular formula is C16H19N7O2. The summed E-state index contributed by atoms with van der Waals surface area (Å²) in [6.45, 7) is 6.95. The topological polar surface area (TPSA) is 102 Å². The molecule has 1 aliphatic heterocycles. The molecular weight excluding hydrogens is 322 g/mol. The molecule has 25 heavy (non-hydrogen) atoms. The highest BCUT2D eigenvalue weighted by atomic mass is 16.5. The Balaban J connectivity index is 1.90. The van der Waals surface area contributed by atoms with Crippen molar-refractivity contribution in [3.05, 3.63) is 18.3 Å². The first-order valence-corrected chi connectivity index (χ1v) is 8.25. The molecule has 130 valence electrons. The Kier molecular flexibility index (Phi) is 4.14. The van der Waals surface area contributed by atoms with Gasteiger partial charge in [0.1, 0.15) is 22.8 Å². The Labute approximate surface area is 144 Å². The fourth-order valence-electron chi connectivity index (χ4n) is 2.84. The highest BCUT2D eigenvalue weighted by Crippen LogP contribution is 2.33. The van der Waals surface area contributed by atoms with E-state index in [1.165, 1.54) is 0 Å². The summed E-state index contributed by atoms with van der Waals surface area (Å²) in [6, 6.07) is 3.88. The summed E-state index contributed by atoms with van der Waals surface area (Å²) in [7, 11) is 0. The van der Waals surface area contributed by atoms with Crippen LogP contribution in [-0.2, 0) is 4.74 Å². The van der Waals surface area contributed by atoms with Crippen molar-refractivity contribution in [2.75, 3.05) is 31.2 Å². The number of morpholine rings is 1. The van der Waals surface area contributed by atoms with Crippen LogP contribution in [0.3, 0.4) is 0 Å². The van der Waals surface area contributed by atoms with Gasteiger partial charge in [-0.3, -0.25) is 4.98 Å². The molecule has 1 saturated heterocycles. The summed E-state index contributed by atoms with van der Waals surface area (Å²) >= 11 is 0. The second-order valence-corrected chi connectivity index (χ2v) is 6.04. The maximum atomic E-state index is 6.04. The molecule has 0 aliphatic carbocycles. The zero-order chi connectivity index (χ0) is 17.2. The summed E-state index contributed by atoms with van der Waals surface area (Å²) in [6.07, 6.45) is 1.75. The van der Waals surface area contributed by atoms with E-state index < -0.39 is 0 Å². The number of hydrogen-bond donors (Lipinski definition) is 1. The molecule has 0 bridgehead atoms. The molecule has 9 heteroatoms. The van der Waals surface area contributed by atoms with E-state index in [0.29, 0.717) is 30.2 Å². The minimum Gasteiger partial charge on any atom is -0.490 e. The van der Waals surface area contributed by atoms with E-state index in [4.69, 9.17) is 14.5 Å². The number of aromatic amines is 1. The van der Waals surface area contributed by atoms with E-state index >= 15 is 0 Å². The lowest BCUT2D eigenvalue weighted by atomic mass is 10.1.